The molecule has 2 aromatic heterocycles. The van der Waals surface area contributed by atoms with Gasteiger partial charge in [0.1, 0.15) is 5.82 Å². The SMILES string of the molecule is Cc1c(CNCCCNc2cc(=O)c3ccccc3[nH]2)sc(I)c1Br. The molecule has 0 unspecified atom stereocenters. The van der Waals surface area contributed by atoms with Gasteiger partial charge in [0.05, 0.1) is 8.40 Å². The van der Waals surface area contributed by atoms with Crippen LogP contribution in [0.5, 0.6) is 0 Å². The van der Waals surface area contributed by atoms with E-state index in [9.17, 15) is 4.79 Å². The monoisotopic (exact) mass is 531 g/mol. The second-order valence-corrected chi connectivity index (χ2v) is 9.50. The van der Waals surface area contributed by atoms with Gasteiger partial charge in [-0.05, 0) is 76.1 Å². The zero-order valence-corrected chi connectivity index (χ0v) is 18.3. The summed E-state index contributed by atoms with van der Waals surface area (Å²) >= 11 is 7.81. The van der Waals surface area contributed by atoms with Gasteiger partial charge in [-0.15, -0.1) is 11.3 Å². The number of rotatable bonds is 7. The molecule has 3 aromatic rings. The number of nitrogens with one attached hydrogen (secondary N) is 3. The fraction of sp³-hybridized carbons (Fsp3) is 0.278. The molecule has 25 heavy (non-hydrogen) atoms. The molecule has 4 nitrogen and oxygen atoms in total. The minimum absolute atomic E-state index is 0.0447. The molecule has 0 saturated heterocycles. The lowest BCUT2D eigenvalue weighted by atomic mass is 10.2. The molecule has 3 rings (SSSR count). The number of H-pyrrole nitrogens is 1. The Hall–Kier alpha value is -0.900. The molecular weight excluding hydrogens is 513 g/mol. The molecule has 0 aliphatic rings. The smallest absolute Gasteiger partial charge is 0.191 e. The van der Waals surface area contributed by atoms with Gasteiger partial charge in [0.15, 0.2) is 5.43 Å². The Morgan fingerprint density at radius 3 is 2.84 bits per heavy atom. The number of hydrogen-bond donors (Lipinski definition) is 3. The fourth-order valence-corrected chi connectivity index (χ4v) is 5.30. The number of aromatic nitrogens is 1. The zero-order valence-electron chi connectivity index (χ0n) is 13.8. The van der Waals surface area contributed by atoms with Crippen LogP contribution in [0.4, 0.5) is 5.82 Å². The molecule has 0 fully saturated rings. The number of thiophene rings is 1. The van der Waals surface area contributed by atoms with E-state index in [1.807, 2.05) is 35.6 Å². The third-order valence-corrected chi connectivity index (χ3v) is 8.28. The van der Waals surface area contributed by atoms with Gasteiger partial charge in [0, 0.05) is 33.9 Å². The summed E-state index contributed by atoms with van der Waals surface area (Å²) in [6, 6.07) is 9.20. The fourth-order valence-electron chi connectivity index (χ4n) is 2.60. The van der Waals surface area contributed by atoms with Crippen LogP contribution in [0.2, 0.25) is 0 Å². The van der Waals surface area contributed by atoms with Crippen molar-refractivity contribution in [2.75, 3.05) is 18.4 Å². The molecule has 7 heteroatoms. The topological polar surface area (TPSA) is 56.9 Å². The Morgan fingerprint density at radius 2 is 2.08 bits per heavy atom. The number of benzene rings is 1. The Labute approximate surface area is 172 Å². The Morgan fingerprint density at radius 1 is 1.28 bits per heavy atom. The van der Waals surface area contributed by atoms with Crippen molar-refractivity contribution in [3.8, 4) is 0 Å². The lowest BCUT2D eigenvalue weighted by Gasteiger charge is -2.08. The molecule has 0 bridgehead atoms. The number of fused-ring (bicyclic) bond motifs is 1. The summed E-state index contributed by atoms with van der Waals surface area (Å²) in [4.78, 5) is 16.7. The lowest BCUT2D eigenvalue weighted by Crippen LogP contribution is -2.18. The summed E-state index contributed by atoms with van der Waals surface area (Å²) < 4.78 is 2.52. The van der Waals surface area contributed by atoms with Crippen LogP contribution in [0.15, 0.2) is 39.6 Å². The van der Waals surface area contributed by atoms with Crippen LogP contribution in [-0.2, 0) is 6.54 Å². The standard InChI is InChI=1S/C18H19BrIN3OS/c1-11-15(25-18(20)17(11)19)10-21-7-4-8-22-16-9-14(24)12-5-2-3-6-13(12)23-16/h2-3,5-6,9,21H,4,7-8,10H2,1H3,(H2,22,23,24). The van der Waals surface area contributed by atoms with Crippen LogP contribution in [0.25, 0.3) is 10.9 Å². The molecule has 0 aliphatic heterocycles. The highest BCUT2D eigenvalue weighted by molar-refractivity contribution is 14.1. The molecule has 0 saturated carbocycles. The predicted molar refractivity (Wildman–Crippen MR) is 119 cm³/mol. The van der Waals surface area contributed by atoms with E-state index in [4.69, 9.17) is 0 Å². The zero-order chi connectivity index (χ0) is 17.8. The van der Waals surface area contributed by atoms with E-state index >= 15 is 0 Å². The number of aromatic amines is 1. The highest BCUT2D eigenvalue weighted by atomic mass is 127. The lowest BCUT2D eigenvalue weighted by molar-refractivity contribution is 0.666. The minimum atomic E-state index is 0.0447. The Balaban J connectivity index is 1.46. The van der Waals surface area contributed by atoms with Gasteiger partial charge in [0.2, 0.25) is 0 Å². The van der Waals surface area contributed by atoms with Crippen LogP contribution in [0.3, 0.4) is 0 Å². The summed E-state index contributed by atoms with van der Waals surface area (Å²) in [5, 5.41) is 7.51. The van der Waals surface area contributed by atoms with Crippen LogP contribution >= 0.6 is 49.9 Å². The molecule has 0 radical (unpaired) electrons. The average molecular weight is 532 g/mol. The molecular formula is C18H19BrIN3OS. The third kappa shape index (κ3) is 4.64. The van der Waals surface area contributed by atoms with E-state index in [1.165, 1.54) is 17.8 Å². The van der Waals surface area contributed by atoms with Crippen LogP contribution in [-0.4, -0.2) is 18.1 Å². The summed E-state index contributed by atoms with van der Waals surface area (Å²) in [5.41, 5.74) is 2.24. The van der Waals surface area contributed by atoms with Gasteiger partial charge < -0.3 is 15.6 Å². The highest BCUT2D eigenvalue weighted by Gasteiger charge is 2.10. The molecule has 2 heterocycles. The molecule has 0 spiro atoms. The Bertz CT molecular complexity index is 938. The largest absolute Gasteiger partial charge is 0.371 e. The number of anilines is 1. The van der Waals surface area contributed by atoms with Crippen LogP contribution in [0.1, 0.15) is 16.9 Å². The van der Waals surface area contributed by atoms with Crippen molar-refractivity contribution < 1.29 is 0 Å². The van der Waals surface area contributed by atoms with Gasteiger partial charge in [-0.2, -0.15) is 0 Å². The number of pyridine rings is 1. The number of hydrogen-bond acceptors (Lipinski definition) is 4. The van der Waals surface area contributed by atoms with Gasteiger partial charge in [0.25, 0.3) is 0 Å². The highest BCUT2D eigenvalue weighted by Crippen LogP contribution is 2.33. The van der Waals surface area contributed by atoms with E-state index < -0.39 is 0 Å². The maximum atomic E-state index is 12.1. The number of para-hydroxylation sites is 1. The molecule has 3 N–H and O–H groups in total. The van der Waals surface area contributed by atoms with E-state index in [1.54, 1.807) is 6.07 Å². The van der Waals surface area contributed by atoms with Crippen LogP contribution < -0.4 is 16.1 Å². The summed E-state index contributed by atoms with van der Waals surface area (Å²) in [5.74, 6) is 0.774. The maximum Gasteiger partial charge on any atom is 0.191 e. The summed E-state index contributed by atoms with van der Waals surface area (Å²) in [6.07, 6.45) is 0.984. The maximum absolute atomic E-state index is 12.1. The molecule has 1 aromatic carbocycles. The van der Waals surface area contributed by atoms with Gasteiger partial charge in [-0.25, -0.2) is 0 Å². The van der Waals surface area contributed by atoms with Crippen molar-refractivity contribution in [3.05, 3.63) is 58.4 Å². The van der Waals surface area contributed by atoms with Crippen molar-refractivity contribution in [1.82, 2.24) is 10.3 Å². The van der Waals surface area contributed by atoms with Gasteiger partial charge in [-0.1, -0.05) is 12.1 Å². The molecule has 0 atom stereocenters. The Kier molecular flexibility index (Phi) is 6.54. The van der Waals surface area contributed by atoms with E-state index in [0.29, 0.717) is 0 Å². The van der Waals surface area contributed by atoms with Crippen molar-refractivity contribution >= 4 is 66.6 Å². The first-order valence-electron chi connectivity index (χ1n) is 8.06. The molecule has 132 valence electrons. The van der Waals surface area contributed by atoms with Crippen molar-refractivity contribution in [2.24, 2.45) is 0 Å². The van der Waals surface area contributed by atoms with Crippen molar-refractivity contribution in [2.45, 2.75) is 19.9 Å². The van der Waals surface area contributed by atoms with E-state index in [-0.39, 0.29) is 5.43 Å². The summed E-state index contributed by atoms with van der Waals surface area (Å²) in [7, 11) is 0. The second kappa shape index (κ2) is 8.66. The second-order valence-electron chi connectivity index (χ2n) is 5.79. The van der Waals surface area contributed by atoms with E-state index in [0.717, 1.165) is 42.8 Å². The summed E-state index contributed by atoms with van der Waals surface area (Å²) in [6.45, 7) is 4.78. The van der Waals surface area contributed by atoms with Crippen LogP contribution in [0, 0.1) is 9.81 Å². The van der Waals surface area contributed by atoms with Gasteiger partial charge >= 0.3 is 0 Å². The third-order valence-electron chi connectivity index (χ3n) is 4.00. The molecule has 0 aliphatic carbocycles. The first-order valence-corrected chi connectivity index (χ1v) is 10.7. The van der Waals surface area contributed by atoms with Gasteiger partial charge in [-0.3, -0.25) is 4.79 Å². The van der Waals surface area contributed by atoms with E-state index in [2.05, 4.69) is 61.1 Å². The van der Waals surface area contributed by atoms with Crippen molar-refractivity contribution in [3.63, 3.8) is 0 Å². The normalized spacial score (nSPS) is 11.2. The molecule has 0 amide bonds. The predicted octanol–water partition coefficient (Wildman–Crippen LogP) is 4.86. The number of halogens is 2. The minimum Gasteiger partial charge on any atom is -0.371 e. The average Bonchev–Trinajstić information content (AvgIpc) is 2.85. The van der Waals surface area contributed by atoms with Crippen molar-refractivity contribution in [1.29, 1.82) is 0 Å². The first-order chi connectivity index (χ1) is 12.1. The first kappa shape index (κ1) is 18.9. The quantitative estimate of drug-likeness (QED) is 0.301.